The molecule has 0 fully saturated rings. The zero-order valence-electron chi connectivity index (χ0n) is 10.5. The quantitative estimate of drug-likeness (QED) is 0.795. The van der Waals surface area contributed by atoms with Crippen molar-refractivity contribution in [1.29, 1.82) is 0 Å². The predicted octanol–water partition coefficient (Wildman–Crippen LogP) is 2.05. The zero-order chi connectivity index (χ0) is 12.3. The van der Waals surface area contributed by atoms with Gasteiger partial charge in [0.05, 0.1) is 18.9 Å². The molecule has 0 saturated heterocycles. The van der Waals surface area contributed by atoms with Crippen molar-refractivity contribution in [3.05, 3.63) is 30.6 Å². The maximum Gasteiger partial charge on any atom is 0.157 e. The number of aryl methyl sites for hydroxylation is 1. The number of ether oxygens (including phenoxy) is 1. The lowest BCUT2D eigenvalue weighted by molar-refractivity contribution is 0.296. The van der Waals surface area contributed by atoms with Gasteiger partial charge in [-0.15, -0.1) is 0 Å². The van der Waals surface area contributed by atoms with Gasteiger partial charge in [-0.1, -0.05) is 0 Å². The van der Waals surface area contributed by atoms with Crippen LogP contribution < -0.4 is 4.74 Å². The highest BCUT2D eigenvalue weighted by molar-refractivity contribution is 5.11. The van der Waals surface area contributed by atoms with Crippen molar-refractivity contribution in [1.82, 2.24) is 19.3 Å². The minimum atomic E-state index is 0.364. The molecule has 5 heteroatoms. The fourth-order valence-electron chi connectivity index (χ4n) is 1.58. The van der Waals surface area contributed by atoms with Crippen molar-refractivity contribution < 1.29 is 4.74 Å². The highest BCUT2D eigenvalue weighted by atomic mass is 16.5. The molecule has 0 aliphatic carbocycles. The number of hydrogen-bond donors (Lipinski definition) is 0. The molecule has 0 saturated carbocycles. The third-order valence-corrected chi connectivity index (χ3v) is 2.63. The summed E-state index contributed by atoms with van der Waals surface area (Å²) in [7, 11) is 0. The molecule has 0 amide bonds. The van der Waals surface area contributed by atoms with Gasteiger partial charge in [0.15, 0.2) is 5.75 Å². The molecule has 0 atom stereocenters. The van der Waals surface area contributed by atoms with Crippen molar-refractivity contribution in [2.45, 2.75) is 33.4 Å². The van der Waals surface area contributed by atoms with Crippen molar-refractivity contribution in [2.24, 2.45) is 0 Å². The average Bonchev–Trinajstić information content (AvgIpc) is 2.89. The molecule has 2 aromatic rings. The third-order valence-electron chi connectivity index (χ3n) is 2.63. The highest BCUT2D eigenvalue weighted by Crippen LogP contribution is 2.12. The first-order valence-electron chi connectivity index (χ1n) is 5.81. The summed E-state index contributed by atoms with van der Waals surface area (Å²) < 4.78 is 9.58. The van der Waals surface area contributed by atoms with Gasteiger partial charge in [-0.2, -0.15) is 5.10 Å². The molecule has 0 aliphatic heterocycles. The Morgan fingerprint density at radius 3 is 2.82 bits per heavy atom. The van der Waals surface area contributed by atoms with Gasteiger partial charge in [0.25, 0.3) is 0 Å². The summed E-state index contributed by atoms with van der Waals surface area (Å²) in [6.45, 7) is 7.59. The lowest BCUT2D eigenvalue weighted by Gasteiger charge is -2.06. The van der Waals surface area contributed by atoms with Gasteiger partial charge in [0.1, 0.15) is 12.4 Å². The Bertz CT molecular complexity index is 472. The molecule has 2 rings (SSSR count). The molecule has 0 bridgehead atoms. The molecule has 17 heavy (non-hydrogen) atoms. The minimum Gasteiger partial charge on any atom is -0.488 e. The molecular formula is C12H18N4O. The summed E-state index contributed by atoms with van der Waals surface area (Å²) in [6.07, 6.45) is 7.43. The van der Waals surface area contributed by atoms with Gasteiger partial charge in [-0.3, -0.25) is 4.68 Å². The van der Waals surface area contributed by atoms with E-state index in [0.29, 0.717) is 12.6 Å². The molecule has 2 aromatic heterocycles. The first-order chi connectivity index (χ1) is 8.16. The number of hydrogen-bond acceptors (Lipinski definition) is 3. The average molecular weight is 234 g/mol. The Labute approximate surface area is 101 Å². The maximum absolute atomic E-state index is 5.63. The minimum absolute atomic E-state index is 0.364. The van der Waals surface area contributed by atoms with Crippen molar-refractivity contribution in [3.8, 4) is 5.75 Å². The molecule has 2 heterocycles. The summed E-state index contributed by atoms with van der Waals surface area (Å²) in [5.41, 5.74) is 0. The van der Waals surface area contributed by atoms with Crippen molar-refractivity contribution in [3.63, 3.8) is 0 Å². The monoisotopic (exact) mass is 234 g/mol. The zero-order valence-corrected chi connectivity index (χ0v) is 10.5. The van der Waals surface area contributed by atoms with Crippen LogP contribution in [0, 0.1) is 6.92 Å². The molecule has 0 unspecified atom stereocenters. The summed E-state index contributed by atoms with van der Waals surface area (Å²) in [4.78, 5) is 4.16. The van der Waals surface area contributed by atoms with E-state index >= 15 is 0 Å². The van der Waals surface area contributed by atoms with Crippen molar-refractivity contribution >= 4 is 0 Å². The molecule has 0 N–H and O–H groups in total. The fourth-order valence-corrected chi connectivity index (χ4v) is 1.58. The second-order valence-corrected chi connectivity index (χ2v) is 4.27. The standard InChI is InChI=1S/C12H18N4O/c1-10(2)16-9-12(8-14-16)17-7-6-15-5-4-13-11(15)3/h4-5,8-10H,6-7H2,1-3H3. The predicted molar refractivity (Wildman–Crippen MR) is 65.1 cm³/mol. The van der Waals surface area contributed by atoms with E-state index in [2.05, 4.69) is 28.5 Å². The molecule has 0 aromatic carbocycles. The normalized spacial score (nSPS) is 11.1. The van der Waals surface area contributed by atoms with Crippen LogP contribution in [0.3, 0.4) is 0 Å². The van der Waals surface area contributed by atoms with Crippen LogP contribution in [0.5, 0.6) is 5.75 Å². The van der Waals surface area contributed by atoms with E-state index in [-0.39, 0.29) is 0 Å². The lowest BCUT2D eigenvalue weighted by atomic mass is 10.4. The van der Waals surface area contributed by atoms with Gasteiger partial charge in [0, 0.05) is 18.4 Å². The second-order valence-electron chi connectivity index (χ2n) is 4.27. The van der Waals surface area contributed by atoms with Crippen LogP contribution in [0.4, 0.5) is 0 Å². The van der Waals surface area contributed by atoms with Crippen molar-refractivity contribution in [2.75, 3.05) is 6.61 Å². The molecular weight excluding hydrogens is 216 g/mol. The summed E-state index contributed by atoms with van der Waals surface area (Å²) in [6, 6.07) is 0.364. The van der Waals surface area contributed by atoms with E-state index in [1.54, 1.807) is 12.4 Å². The van der Waals surface area contributed by atoms with Gasteiger partial charge >= 0.3 is 0 Å². The number of nitrogens with zero attached hydrogens (tertiary/aromatic N) is 4. The number of rotatable bonds is 5. The molecule has 5 nitrogen and oxygen atoms in total. The topological polar surface area (TPSA) is 44.9 Å². The van der Waals surface area contributed by atoms with Gasteiger partial charge in [-0.25, -0.2) is 4.98 Å². The first kappa shape index (κ1) is 11.7. The highest BCUT2D eigenvalue weighted by Gasteiger charge is 2.02. The largest absolute Gasteiger partial charge is 0.488 e. The number of imidazole rings is 1. The van der Waals surface area contributed by atoms with E-state index in [0.717, 1.165) is 18.1 Å². The summed E-state index contributed by atoms with van der Waals surface area (Å²) >= 11 is 0. The van der Waals surface area contributed by atoms with Crippen LogP contribution in [-0.2, 0) is 6.54 Å². The fraction of sp³-hybridized carbons (Fsp3) is 0.500. The second kappa shape index (κ2) is 5.03. The Morgan fingerprint density at radius 2 is 2.24 bits per heavy atom. The summed E-state index contributed by atoms with van der Waals surface area (Å²) in [5, 5.41) is 4.22. The van der Waals surface area contributed by atoms with Crippen LogP contribution in [-0.4, -0.2) is 25.9 Å². The Kier molecular flexibility index (Phi) is 3.46. The SMILES string of the molecule is Cc1nccn1CCOc1cnn(C(C)C)c1. The van der Waals surface area contributed by atoms with Gasteiger partial charge in [0.2, 0.25) is 0 Å². The Balaban J connectivity index is 1.84. The van der Waals surface area contributed by atoms with E-state index in [1.807, 2.05) is 24.0 Å². The summed E-state index contributed by atoms with van der Waals surface area (Å²) in [5.74, 6) is 1.82. The molecule has 0 spiro atoms. The van der Waals surface area contributed by atoms with Crippen LogP contribution in [0.25, 0.3) is 0 Å². The van der Waals surface area contributed by atoms with E-state index in [9.17, 15) is 0 Å². The van der Waals surface area contributed by atoms with Crippen LogP contribution in [0.1, 0.15) is 25.7 Å². The Hall–Kier alpha value is -1.78. The lowest BCUT2D eigenvalue weighted by Crippen LogP contribution is -2.08. The van der Waals surface area contributed by atoms with Gasteiger partial charge in [-0.05, 0) is 20.8 Å². The molecule has 0 radical (unpaired) electrons. The van der Waals surface area contributed by atoms with E-state index in [1.165, 1.54) is 0 Å². The number of aromatic nitrogens is 4. The molecule has 92 valence electrons. The van der Waals surface area contributed by atoms with E-state index in [4.69, 9.17) is 4.74 Å². The van der Waals surface area contributed by atoms with Crippen LogP contribution in [0.15, 0.2) is 24.8 Å². The van der Waals surface area contributed by atoms with Crippen LogP contribution >= 0.6 is 0 Å². The third kappa shape index (κ3) is 2.87. The smallest absolute Gasteiger partial charge is 0.157 e. The molecule has 0 aliphatic rings. The first-order valence-corrected chi connectivity index (χ1v) is 5.81. The van der Waals surface area contributed by atoms with Gasteiger partial charge < -0.3 is 9.30 Å². The van der Waals surface area contributed by atoms with Crippen LogP contribution in [0.2, 0.25) is 0 Å². The maximum atomic E-state index is 5.63. The van der Waals surface area contributed by atoms with E-state index < -0.39 is 0 Å². The Morgan fingerprint density at radius 1 is 1.41 bits per heavy atom.